The summed E-state index contributed by atoms with van der Waals surface area (Å²) in [6.07, 6.45) is 0.928. The lowest BCUT2D eigenvalue weighted by atomic mass is 9.89. The summed E-state index contributed by atoms with van der Waals surface area (Å²) in [7, 11) is 0. The number of rotatable bonds is 5. The number of hydrogen-bond donors (Lipinski definition) is 0. The van der Waals surface area contributed by atoms with E-state index in [4.69, 9.17) is 9.72 Å². The summed E-state index contributed by atoms with van der Waals surface area (Å²) in [4.78, 5) is 58.4. The first-order valence-electron chi connectivity index (χ1n) is 12.0. The Balaban J connectivity index is 1.41. The zero-order chi connectivity index (χ0) is 25.8. The SMILES string of the molecule is CCOC(=O)N1CCN(C(=O)c2ccc(C)nc2C2CCN(C(=O)c3csc([N+](=O)[O-])c3)CC2)CC1. The minimum atomic E-state index is -0.494. The van der Waals surface area contributed by atoms with Crippen LogP contribution in [0.25, 0.3) is 0 Å². The highest BCUT2D eigenvalue weighted by atomic mass is 32.1. The van der Waals surface area contributed by atoms with Gasteiger partial charge in [0.25, 0.3) is 11.8 Å². The molecule has 0 unspecified atom stereocenters. The summed E-state index contributed by atoms with van der Waals surface area (Å²) in [5, 5.41) is 12.4. The largest absolute Gasteiger partial charge is 0.450 e. The molecule has 2 saturated heterocycles. The van der Waals surface area contributed by atoms with Gasteiger partial charge in [0.2, 0.25) is 0 Å². The Hall–Kier alpha value is -3.54. The Morgan fingerprint density at radius 3 is 2.31 bits per heavy atom. The fourth-order valence-corrected chi connectivity index (χ4v) is 5.32. The van der Waals surface area contributed by atoms with Crippen molar-refractivity contribution in [3.8, 4) is 0 Å². The molecule has 12 heteroatoms. The van der Waals surface area contributed by atoms with Gasteiger partial charge in [-0.2, -0.15) is 0 Å². The maximum absolute atomic E-state index is 13.4. The Morgan fingerprint density at radius 1 is 1.06 bits per heavy atom. The van der Waals surface area contributed by atoms with E-state index in [9.17, 15) is 24.5 Å². The summed E-state index contributed by atoms with van der Waals surface area (Å²) in [6, 6.07) is 4.97. The van der Waals surface area contributed by atoms with E-state index in [0.717, 1.165) is 22.7 Å². The number of piperazine rings is 1. The number of carbonyl (C=O) groups excluding carboxylic acids is 3. The second-order valence-electron chi connectivity index (χ2n) is 8.86. The average Bonchev–Trinajstić information content (AvgIpc) is 3.39. The second kappa shape index (κ2) is 11.0. The van der Waals surface area contributed by atoms with Gasteiger partial charge in [-0.15, -0.1) is 0 Å². The van der Waals surface area contributed by atoms with Gasteiger partial charge in [0.1, 0.15) is 0 Å². The summed E-state index contributed by atoms with van der Waals surface area (Å²) >= 11 is 0.944. The lowest BCUT2D eigenvalue weighted by Crippen LogP contribution is -2.51. The summed E-state index contributed by atoms with van der Waals surface area (Å²) in [5.74, 6) is -0.304. The molecule has 2 aliphatic rings. The van der Waals surface area contributed by atoms with Crippen LogP contribution in [0.5, 0.6) is 0 Å². The topological polar surface area (TPSA) is 126 Å². The van der Waals surface area contributed by atoms with Gasteiger partial charge >= 0.3 is 11.1 Å². The number of amides is 3. The third-order valence-corrected chi connectivity index (χ3v) is 7.45. The molecule has 2 aliphatic heterocycles. The number of carbonyl (C=O) groups is 3. The van der Waals surface area contributed by atoms with Gasteiger partial charge in [-0.25, -0.2) is 4.79 Å². The molecule has 4 heterocycles. The van der Waals surface area contributed by atoms with Crippen molar-refractivity contribution in [3.05, 3.63) is 56.2 Å². The molecule has 0 radical (unpaired) electrons. The molecule has 0 atom stereocenters. The number of thiophene rings is 1. The van der Waals surface area contributed by atoms with Crippen LogP contribution >= 0.6 is 11.3 Å². The van der Waals surface area contributed by atoms with Crippen molar-refractivity contribution >= 4 is 34.2 Å². The molecule has 0 bridgehead atoms. The van der Waals surface area contributed by atoms with Crippen LogP contribution in [0.1, 0.15) is 57.8 Å². The molecule has 4 rings (SSSR count). The monoisotopic (exact) mass is 515 g/mol. The Labute approximate surface area is 212 Å². The first-order chi connectivity index (χ1) is 17.3. The number of hydrogen-bond acceptors (Lipinski definition) is 8. The van der Waals surface area contributed by atoms with Gasteiger partial charge in [-0.05, 0) is 38.8 Å². The average molecular weight is 516 g/mol. The van der Waals surface area contributed by atoms with Crippen LogP contribution < -0.4 is 0 Å². The van der Waals surface area contributed by atoms with E-state index >= 15 is 0 Å². The van der Waals surface area contributed by atoms with Crippen LogP contribution in [0.2, 0.25) is 0 Å². The number of ether oxygens (including phenoxy) is 1. The van der Waals surface area contributed by atoms with E-state index in [2.05, 4.69) is 0 Å². The molecule has 2 aromatic heterocycles. The van der Waals surface area contributed by atoms with Gasteiger partial charge in [-0.1, -0.05) is 11.3 Å². The van der Waals surface area contributed by atoms with E-state index < -0.39 is 4.92 Å². The maximum Gasteiger partial charge on any atom is 0.409 e. The third kappa shape index (κ3) is 5.48. The van der Waals surface area contributed by atoms with Crippen molar-refractivity contribution in [3.63, 3.8) is 0 Å². The molecule has 0 spiro atoms. The predicted octanol–water partition coefficient (Wildman–Crippen LogP) is 3.29. The van der Waals surface area contributed by atoms with E-state index in [1.807, 2.05) is 19.1 Å². The lowest BCUT2D eigenvalue weighted by Gasteiger charge is -2.35. The normalized spacial score (nSPS) is 16.7. The lowest BCUT2D eigenvalue weighted by molar-refractivity contribution is -0.380. The van der Waals surface area contributed by atoms with E-state index in [1.165, 1.54) is 11.4 Å². The summed E-state index contributed by atoms with van der Waals surface area (Å²) < 4.78 is 5.05. The predicted molar refractivity (Wildman–Crippen MR) is 132 cm³/mol. The second-order valence-corrected chi connectivity index (χ2v) is 9.75. The van der Waals surface area contributed by atoms with Crippen molar-refractivity contribution in [2.24, 2.45) is 0 Å². The molecular formula is C24H29N5O6S. The number of aromatic nitrogens is 1. The van der Waals surface area contributed by atoms with Crippen LogP contribution in [0.4, 0.5) is 9.80 Å². The van der Waals surface area contributed by atoms with E-state index in [1.54, 1.807) is 21.6 Å². The molecule has 11 nitrogen and oxygen atoms in total. The maximum atomic E-state index is 13.4. The summed E-state index contributed by atoms with van der Waals surface area (Å²) in [6.45, 7) is 6.60. The number of aryl methyl sites for hydroxylation is 1. The molecule has 36 heavy (non-hydrogen) atoms. The standard InChI is InChI=1S/C24H29N5O6S/c1-3-35-24(32)28-12-10-27(11-13-28)23(31)19-5-4-16(2)25-21(19)17-6-8-26(9-7-17)22(30)18-14-20(29(33)34)36-15-18/h4-5,14-15,17H,3,6-13H2,1-2H3. The fourth-order valence-electron chi connectivity index (χ4n) is 4.62. The zero-order valence-corrected chi connectivity index (χ0v) is 21.2. The first-order valence-corrected chi connectivity index (χ1v) is 12.9. The van der Waals surface area contributed by atoms with Crippen LogP contribution in [0.3, 0.4) is 0 Å². The van der Waals surface area contributed by atoms with Gasteiger partial charge in [0.05, 0.1) is 28.4 Å². The summed E-state index contributed by atoms with van der Waals surface area (Å²) in [5.41, 5.74) is 2.45. The Bertz CT molecular complexity index is 1150. The van der Waals surface area contributed by atoms with Gasteiger partial charge in [0.15, 0.2) is 0 Å². The number of nitro groups is 1. The number of pyridine rings is 1. The van der Waals surface area contributed by atoms with Crippen molar-refractivity contribution in [2.75, 3.05) is 45.9 Å². The number of nitrogens with zero attached hydrogens (tertiary/aromatic N) is 5. The minimum absolute atomic E-state index is 0.0190. The van der Waals surface area contributed by atoms with Crippen LogP contribution in [-0.2, 0) is 4.74 Å². The molecule has 2 fully saturated rings. The molecule has 2 aromatic rings. The van der Waals surface area contributed by atoms with Crippen LogP contribution in [-0.4, -0.2) is 88.4 Å². The van der Waals surface area contributed by atoms with Crippen molar-refractivity contribution in [2.45, 2.75) is 32.6 Å². The van der Waals surface area contributed by atoms with Crippen LogP contribution in [0.15, 0.2) is 23.6 Å². The molecule has 0 aliphatic carbocycles. The highest BCUT2D eigenvalue weighted by Crippen LogP contribution is 2.32. The highest BCUT2D eigenvalue weighted by Gasteiger charge is 2.32. The minimum Gasteiger partial charge on any atom is -0.450 e. The zero-order valence-electron chi connectivity index (χ0n) is 20.3. The van der Waals surface area contributed by atoms with Crippen LogP contribution in [0, 0.1) is 17.0 Å². The first kappa shape index (κ1) is 25.5. The van der Waals surface area contributed by atoms with Crippen molar-refractivity contribution in [1.82, 2.24) is 19.7 Å². The smallest absolute Gasteiger partial charge is 0.409 e. The fraction of sp³-hybridized carbons (Fsp3) is 0.500. The molecule has 3 amide bonds. The highest BCUT2D eigenvalue weighted by molar-refractivity contribution is 7.13. The Morgan fingerprint density at radius 2 is 1.69 bits per heavy atom. The number of likely N-dealkylation sites (tertiary alicyclic amines) is 1. The molecule has 0 N–H and O–H groups in total. The van der Waals surface area contributed by atoms with E-state index in [-0.39, 0.29) is 28.8 Å². The van der Waals surface area contributed by atoms with Crippen molar-refractivity contribution in [1.29, 1.82) is 0 Å². The molecule has 192 valence electrons. The van der Waals surface area contributed by atoms with Gasteiger partial charge in [0, 0.05) is 62.3 Å². The molecular weight excluding hydrogens is 486 g/mol. The van der Waals surface area contributed by atoms with Crippen molar-refractivity contribution < 1.29 is 24.0 Å². The van der Waals surface area contributed by atoms with E-state index in [0.29, 0.717) is 69.8 Å². The third-order valence-electron chi connectivity index (χ3n) is 6.57. The van der Waals surface area contributed by atoms with Gasteiger partial charge in [-0.3, -0.25) is 24.7 Å². The quantitative estimate of drug-likeness (QED) is 0.442. The molecule has 0 saturated carbocycles. The number of piperidine rings is 1. The Kier molecular flexibility index (Phi) is 7.82. The molecule has 0 aromatic carbocycles. The van der Waals surface area contributed by atoms with Gasteiger partial charge < -0.3 is 19.4 Å².